The molecule has 36 heavy (non-hydrogen) atoms. The van der Waals surface area contributed by atoms with Gasteiger partial charge in [0.15, 0.2) is 11.5 Å². The number of rotatable bonds is 8. The molecule has 0 spiro atoms. The lowest BCUT2D eigenvalue weighted by atomic mass is 9.99. The normalized spacial score (nSPS) is 10.7. The fourth-order valence-corrected chi connectivity index (χ4v) is 4.04. The van der Waals surface area contributed by atoms with Crippen molar-refractivity contribution in [2.24, 2.45) is 0 Å². The van der Waals surface area contributed by atoms with Gasteiger partial charge in [-0.1, -0.05) is 56.3 Å². The minimum absolute atomic E-state index is 0.0991. The average molecular weight is 482 g/mol. The number of aromatic hydroxyl groups is 2. The van der Waals surface area contributed by atoms with Gasteiger partial charge in [-0.3, -0.25) is 9.36 Å². The van der Waals surface area contributed by atoms with Crippen molar-refractivity contribution in [1.82, 2.24) is 9.55 Å². The minimum Gasteiger partial charge on any atom is -0.504 e. The zero-order chi connectivity index (χ0) is 25.7. The van der Waals surface area contributed by atoms with Crippen LogP contribution >= 0.6 is 0 Å². The molecule has 2 N–H and O–H groups in total. The SMILES string of the molecule is CCCc1nc(CC)c(Oc2ccc(O)c(O)c2)c(=O)n1Cc1ccc(-c2ccccc2C#N)cc1. The van der Waals surface area contributed by atoms with Crippen molar-refractivity contribution in [2.75, 3.05) is 0 Å². The summed E-state index contributed by atoms with van der Waals surface area (Å²) < 4.78 is 7.50. The summed E-state index contributed by atoms with van der Waals surface area (Å²) in [7, 11) is 0. The molecule has 1 aromatic heterocycles. The second-order valence-corrected chi connectivity index (χ2v) is 8.41. The molecule has 7 heteroatoms. The summed E-state index contributed by atoms with van der Waals surface area (Å²) in [5.74, 6) is 0.405. The maximum absolute atomic E-state index is 13.6. The van der Waals surface area contributed by atoms with Crippen LogP contribution in [0.4, 0.5) is 0 Å². The summed E-state index contributed by atoms with van der Waals surface area (Å²) >= 11 is 0. The molecule has 1 heterocycles. The van der Waals surface area contributed by atoms with Gasteiger partial charge in [0.05, 0.1) is 23.9 Å². The van der Waals surface area contributed by atoms with Crippen molar-refractivity contribution in [3.05, 3.63) is 99.7 Å². The Balaban J connectivity index is 1.72. The van der Waals surface area contributed by atoms with E-state index < -0.39 is 0 Å². The molecule has 0 aliphatic rings. The van der Waals surface area contributed by atoms with E-state index in [1.807, 2.05) is 56.3 Å². The third-order valence-corrected chi connectivity index (χ3v) is 5.91. The number of phenolic OH excluding ortho intramolecular Hbond substituents is 2. The number of ether oxygens (including phenoxy) is 1. The number of benzene rings is 3. The first kappa shape index (κ1) is 24.6. The fourth-order valence-electron chi connectivity index (χ4n) is 4.04. The second-order valence-electron chi connectivity index (χ2n) is 8.41. The van der Waals surface area contributed by atoms with Gasteiger partial charge in [0.2, 0.25) is 5.75 Å². The van der Waals surface area contributed by atoms with E-state index in [1.165, 1.54) is 18.2 Å². The number of aromatic nitrogens is 2. The summed E-state index contributed by atoms with van der Waals surface area (Å²) in [6, 6.07) is 21.5. The number of hydrogen-bond donors (Lipinski definition) is 2. The topological polar surface area (TPSA) is 108 Å². The molecule has 0 saturated heterocycles. The maximum atomic E-state index is 13.6. The van der Waals surface area contributed by atoms with Crippen molar-refractivity contribution in [1.29, 1.82) is 5.26 Å². The predicted molar refractivity (Wildman–Crippen MR) is 137 cm³/mol. The van der Waals surface area contributed by atoms with Gasteiger partial charge in [-0.15, -0.1) is 0 Å². The Morgan fingerprint density at radius 2 is 1.75 bits per heavy atom. The number of nitrogens with zero attached hydrogens (tertiary/aromatic N) is 3. The molecule has 0 bridgehead atoms. The quantitative estimate of drug-likeness (QED) is 0.320. The molecule has 0 saturated carbocycles. The van der Waals surface area contributed by atoms with Crippen LogP contribution in [-0.2, 0) is 19.4 Å². The first-order valence-electron chi connectivity index (χ1n) is 11.9. The van der Waals surface area contributed by atoms with Crippen molar-refractivity contribution < 1.29 is 14.9 Å². The van der Waals surface area contributed by atoms with E-state index in [4.69, 9.17) is 9.72 Å². The molecule has 4 aromatic rings. The van der Waals surface area contributed by atoms with Crippen LogP contribution in [0.5, 0.6) is 23.0 Å². The fraction of sp³-hybridized carbons (Fsp3) is 0.207. The van der Waals surface area contributed by atoms with Crippen LogP contribution < -0.4 is 10.3 Å². The number of aryl methyl sites for hydroxylation is 2. The van der Waals surface area contributed by atoms with Crippen LogP contribution in [0.25, 0.3) is 11.1 Å². The first-order chi connectivity index (χ1) is 17.4. The summed E-state index contributed by atoms with van der Waals surface area (Å²) in [6.07, 6.45) is 1.96. The molecular weight excluding hydrogens is 454 g/mol. The Hall–Kier alpha value is -4.57. The lowest BCUT2D eigenvalue weighted by Gasteiger charge is -2.17. The summed E-state index contributed by atoms with van der Waals surface area (Å²) in [6.45, 7) is 4.25. The number of hydrogen-bond acceptors (Lipinski definition) is 6. The van der Waals surface area contributed by atoms with Gasteiger partial charge in [-0.05, 0) is 47.7 Å². The number of phenols is 2. The molecule has 0 amide bonds. The predicted octanol–water partition coefficient (Wildman–Crippen LogP) is 5.55. The summed E-state index contributed by atoms with van der Waals surface area (Å²) in [4.78, 5) is 18.4. The van der Waals surface area contributed by atoms with Gasteiger partial charge in [-0.2, -0.15) is 5.26 Å². The number of nitriles is 1. The van der Waals surface area contributed by atoms with Crippen LogP contribution in [0.2, 0.25) is 0 Å². The van der Waals surface area contributed by atoms with Crippen LogP contribution in [0, 0.1) is 11.3 Å². The Morgan fingerprint density at radius 1 is 1.00 bits per heavy atom. The van der Waals surface area contributed by atoms with Gasteiger partial charge in [0.25, 0.3) is 5.56 Å². The van der Waals surface area contributed by atoms with E-state index in [1.54, 1.807) is 10.6 Å². The zero-order valence-electron chi connectivity index (χ0n) is 20.2. The largest absolute Gasteiger partial charge is 0.504 e. The smallest absolute Gasteiger partial charge is 0.297 e. The molecular formula is C29H27N3O4. The van der Waals surface area contributed by atoms with E-state index in [-0.39, 0.29) is 28.6 Å². The van der Waals surface area contributed by atoms with Crippen LogP contribution in [-0.4, -0.2) is 19.8 Å². The van der Waals surface area contributed by atoms with E-state index in [9.17, 15) is 20.3 Å². The molecule has 7 nitrogen and oxygen atoms in total. The Kier molecular flexibility index (Phi) is 7.36. The highest BCUT2D eigenvalue weighted by atomic mass is 16.5. The van der Waals surface area contributed by atoms with Gasteiger partial charge in [0, 0.05) is 12.5 Å². The van der Waals surface area contributed by atoms with Crippen molar-refractivity contribution >= 4 is 0 Å². The highest BCUT2D eigenvalue weighted by Gasteiger charge is 2.18. The van der Waals surface area contributed by atoms with Gasteiger partial charge >= 0.3 is 0 Å². The maximum Gasteiger partial charge on any atom is 0.297 e. The molecule has 0 radical (unpaired) electrons. The standard InChI is InChI=1S/C29H27N3O4/c1-3-7-27-31-24(4-2)28(36-22-14-15-25(33)26(34)16-22)29(35)32(27)18-19-10-12-20(13-11-19)23-9-6-5-8-21(23)17-30/h5-6,8-16,33-34H,3-4,7,18H2,1-2H3. The minimum atomic E-state index is -0.334. The molecule has 4 rings (SSSR count). The molecule has 182 valence electrons. The highest BCUT2D eigenvalue weighted by Crippen LogP contribution is 2.31. The molecule has 0 aliphatic heterocycles. The molecule has 0 fully saturated rings. The first-order valence-corrected chi connectivity index (χ1v) is 11.9. The Morgan fingerprint density at radius 3 is 2.42 bits per heavy atom. The third-order valence-electron chi connectivity index (χ3n) is 5.91. The molecule has 0 unspecified atom stereocenters. The lowest BCUT2D eigenvalue weighted by Crippen LogP contribution is -2.28. The van der Waals surface area contributed by atoms with Crippen LogP contribution in [0.1, 0.15) is 42.9 Å². The summed E-state index contributed by atoms with van der Waals surface area (Å²) in [5.41, 5.74) is 3.53. The highest BCUT2D eigenvalue weighted by molar-refractivity contribution is 5.70. The zero-order valence-corrected chi connectivity index (χ0v) is 20.2. The van der Waals surface area contributed by atoms with Crippen LogP contribution in [0.3, 0.4) is 0 Å². The lowest BCUT2D eigenvalue weighted by molar-refractivity contribution is 0.395. The van der Waals surface area contributed by atoms with Crippen molar-refractivity contribution in [3.63, 3.8) is 0 Å². The van der Waals surface area contributed by atoms with Crippen LogP contribution in [0.15, 0.2) is 71.5 Å². The van der Waals surface area contributed by atoms with Gasteiger partial charge in [-0.25, -0.2) is 4.98 Å². The summed E-state index contributed by atoms with van der Waals surface area (Å²) in [5, 5.41) is 28.8. The Bertz CT molecular complexity index is 1480. The van der Waals surface area contributed by atoms with E-state index >= 15 is 0 Å². The van der Waals surface area contributed by atoms with Gasteiger partial charge in [0.1, 0.15) is 11.6 Å². The van der Waals surface area contributed by atoms with E-state index in [0.29, 0.717) is 36.5 Å². The van der Waals surface area contributed by atoms with Crippen molar-refractivity contribution in [2.45, 2.75) is 39.7 Å². The van der Waals surface area contributed by atoms with Crippen molar-refractivity contribution in [3.8, 4) is 40.2 Å². The monoisotopic (exact) mass is 481 g/mol. The Labute approximate surface area is 209 Å². The third kappa shape index (κ3) is 5.08. The molecule has 0 aliphatic carbocycles. The van der Waals surface area contributed by atoms with E-state index in [0.717, 1.165) is 23.1 Å². The second kappa shape index (κ2) is 10.8. The average Bonchev–Trinajstić information content (AvgIpc) is 2.90. The molecule has 3 aromatic carbocycles. The van der Waals surface area contributed by atoms with E-state index in [2.05, 4.69) is 6.07 Å². The molecule has 0 atom stereocenters. The van der Waals surface area contributed by atoms with Gasteiger partial charge < -0.3 is 14.9 Å².